The Hall–Kier alpha value is -3.91. The Morgan fingerprint density at radius 3 is 2.48 bits per heavy atom. The zero-order valence-electron chi connectivity index (χ0n) is 18.2. The average Bonchev–Trinajstić information content (AvgIpc) is 3.37. The molecule has 1 fully saturated rings. The van der Waals surface area contributed by atoms with Crippen molar-refractivity contribution in [3.05, 3.63) is 95.0 Å². The Balaban J connectivity index is 1.18. The highest BCUT2D eigenvalue weighted by atomic mass is 16.3. The van der Waals surface area contributed by atoms with E-state index < -0.39 is 0 Å². The molecule has 3 heterocycles. The SMILES string of the molecule is NC1=C(NCc2ccc(N3CCN(Cc4ccco4)CC3)cc2)C(=O)c2ncccc2C1=O. The van der Waals surface area contributed by atoms with E-state index in [0.29, 0.717) is 6.54 Å². The van der Waals surface area contributed by atoms with Crippen molar-refractivity contribution in [3.63, 3.8) is 0 Å². The summed E-state index contributed by atoms with van der Waals surface area (Å²) in [5, 5.41) is 3.05. The van der Waals surface area contributed by atoms with Gasteiger partial charge < -0.3 is 20.4 Å². The molecular weight excluding hydrogens is 418 g/mol. The number of pyridine rings is 1. The number of hydrogen-bond donors (Lipinski definition) is 2. The molecule has 1 saturated heterocycles. The number of carbonyl (C=O) groups is 2. The summed E-state index contributed by atoms with van der Waals surface area (Å²) < 4.78 is 5.45. The molecular formula is C25H25N5O3. The minimum absolute atomic E-state index is 0.0652. The molecule has 1 aliphatic carbocycles. The highest BCUT2D eigenvalue weighted by Gasteiger charge is 2.31. The second-order valence-electron chi connectivity index (χ2n) is 8.21. The van der Waals surface area contributed by atoms with Gasteiger partial charge in [-0.2, -0.15) is 0 Å². The first kappa shape index (κ1) is 21.0. The predicted molar refractivity (Wildman–Crippen MR) is 124 cm³/mol. The molecule has 0 spiro atoms. The summed E-state index contributed by atoms with van der Waals surface area (Å²) in [6.07, 6.45) is 3.21. The highest BCUT2D eigenvalue weighted by molar-refractivity contribution is 6.25. The number of furan rings is 1. The van der Waals surface area contributed by atoms with E-state index in [1.54, 1.807) is 18.4 Å². The summed E-state index contributed by atoms with van der Waals surface area (Å²) in [5.41, 5.74) is 8.56. The van der Waals surface area contributed by atoms with Gasteiger partial charge in [0, 0.05) is 44.6 Å². The number of nitrogens with zero attached hydrogens (tertiary/aromatic N) is 3. The number of allylic oxidation sites excluding steroid dienone is 2. The van der Waals surface area contributed by atoms with Gasteiger partial charge in [-0.25, -0.2) is 0 Å². The molecule has 0 atom stereocenters. The normalized spacial score (nSPS) is 16.8. The Morgan fingerprint density at radius 1 is 0.970 bits per heavy atom. The molecule has 1 aromatic carbocycles. The van der Waals surface area contributed by atoms with Crippen LogP contribution in [0.2, 0.25) is 0 Å². The first-order valence-electron chi connectivity index (χ1n) is 11.0. The number of benzene rings is 1. The predicted octanol–water partition coefficient (Wildman–Crippen LogP) is 2.34. The molecule has 3 aromatic rings. The van der Waals surface area contributed by atoms with Crippen LogP contribution in [-0.2, 0) is 13.1 Å². The van der Waals surface area contributed by atoms with Crippen molar-refractivity contribution in [2.75, 3.05) is 31.1 Å². The van der Waals surface area contributed by atoms with Gasteiger partial charge in [-0.05, 0) is 42.0 Å². The largest absolute Gasteiger partial charge is 0.468 e. The number of nitrogens with one attached hydrogen (secondary N) is 1. The second-order valence-corrected chi connectivity index (χ2v) is 8.21. The smallest absolute Gasteiger partial charge is 0.230 e. The van der Waals surface area contributed by atoms with Gasteiger partial charge in [-0.3, -0.25) is 19.5 Å². The zero-order valence-corrected chi connectivity index (χ0v) is 18.2. The lowest BCUT2D eigenvalue weighted by molar-refractivity contribution is 0.0963. The van der Waals surface area contributed by atoms with Crippen LogP contribution in [-0.4, -0.2) is 47.6 Å². The van der Waals surface area contributed by atoms with Gasteiger partial charge in [0.15, 0.2) is 0 Å². The van der Waals surface area contributed by atoms with E-state index in [1.165, 1.54) is 6.20 Å². The lowest BCUT2D eigenvalue weighted by atomic mass is 9.94. The fourth-order valence-electron chi connectivity index (χ4n) is 4.25. The Morgan fingerprint density at radius 2 is 1.76 bits per heavy atom. The minimum Gasteiger partial charge on any atom is -0.468 e. The molecule has 8 heteroatoms. The first-order chi connectivity index (χ1) is 16.1. The number of hydrogen-bond acceptors (Lipinski definition) is 8. The van der Waals surface area contributed by atoms with Crippen molar-refractivity contribution >= 4 is 17.3 Å². The summed E-state index contributed by atoms with van der Waals surface area (Å²) in [6.45, 7) is 5.07. The van der Waals surface area contributed by atoms with E-state index in [9.17, 15) is 9.59 Å². The zero-order chi connectivity index (χ0) is 22.8. The molecule has 5 rings (SSSR count). The number of anilines is 1. The number of aromatic nitrogens is 1. The van der Waals surface area contributed by atoms with Crippen molar-refractivity contribution in [1.82, 2.24) is 15.2 Å². The third-order valence-corrected chi connectivity index (χ3v) is 6.11. The Kier molecular flexibility index (Phi) is 5.66. The van der Waals surface area contributed by atoms with Crippen LogP contribution in [0.1, 0.15) is 32.2 Å². The lowest BCUT2D eigenvalue weighted by Gasteiger charge is -2.35. The van der Waals surface area contributed by atoms with E-state index in [1.807, 2.05) is 24.3 Å². The van der Waals surface area contributed by atoms with Crippen molar-refractivity contribution in [2.24, 2.45) is 5.73 Å². The summed E-state index contributed by atoms with van der Waals surface area (Å²) in [6, 6.07) is 15.3. The maximum absolute atomic E-state index is 12.7. The lowest BCUT2D eigenvalue weighted by Crippen LogP contribution is -2.45. The molecule has 0 radical (unpaired) electrons. The summed E-state index contributed by atoms with van der Waals surface area (Å²) in [7, 11) is 0. The fraction of sp³-hybridized carbons (Fsp3) is 0.240. The molecule has 168 valence electrons. The van der Waals surface area contributed by atoms with Crippen molar-refractivity contribution < 1.29 is 14.0 Å². The number of ketones is 2. The van der Waals surface area contributed by atoms with E-state index in [0.717, 1.165) is 49.7 Å². The fourth-order valence-corrected chi connectivity index (χ4v) is 4.25. The average molecular weight is 444 g/mol. The van der Waals surface area contributed by atoms with Crippen molar-refractivity contribution in [1.29, 1.82) is 0 Å². The summed E-state index contributed by atoms with van der Waals surface area (Å²) in [4.78, 5) is 34.1. The van der Waals surface area contributed by atoms with Crippen LogP contribution in [0.4, 0.5) is 5.69 Å². The minimum atomic E-state index is -0.373. The summed E-state index contributed by atoms with van der Waals surface area (Å²) >= 11 is 0. The third kappa shape index (κ3) is 4.25. The quantitative estimate of drug-likeness (QED) is 0.598. The van der Waals surface area contributed by atoms with E-state index in [-0.39, 0.29) is 34.2 Å². The standard InChI is InChI=1S/C25H25N5O3/c26-21-23(25(32)22-20(24(21)31)4-1-9-27-22)28-15-17-5-7-18(8-6-17)30-12-10-29(11-13-30)16-19-3-2-14-33-19/h1-9,14,28H,10-13,15-16,26H2. The summed E-state index contributed by atoms with van der Waals surface area (Å²) in [5.74, 6) is 0.266. The van der Waals surface area contributed by atoms with Crippen LogP contribution in [0.25, 0.3) is 0 Å². The van der Waals surface area contributed by atoms with Gasteiger partial charge in [0.05, 0.1) is 18.4 Å². The second kappa shape index (κ2) is 8.91. The van der Waals surface area contributed by atoms with Gasteiger partial charge in [-0.15, -0.1) is 0 Å². The van der Waals surface area contributed by atoms with Crippen LogP contribution in [0.15, 0.2) is 76.8 Å². The molecule has 2 aliphatic rings. The van der Waals surface area contributed by atoms with Gasteiger partial charge in [0.25, 0.3) is 0 Å². The molecule has 0 bridgehead atoms. The number of rotatable bonds is 6. The van der Waals surface area contributed by atoms with E-state index >= 15 is 0 Å². The molecule has 2 aromatic heterocycles. The van der Waals surface area contributed by atoms with Crippen LogP contribution in [0, 0.1) is 0 Å². The maximum Gasteiger partial charge on any atom is 0.230 e. The maximum atomic E-state index is 12.7. The van der Waals surface area contributed by atoms with Gasteiger partial charge in [0.2, 0.25) is 11.6 Å². The molecule has 33 heavy (non-hydrogen) atoms. The van der Waals surface area contributed by atoms with Gasteiger partial charge in [0.1, 0.15) is 22.8 Å². The molecule has 8 nitrogen and oxygen atoms in total. The van der Waals surface area contributed by atoms with Crippen LogP contribution in [0.3, 0.4) is 0 Å². The van der Waals surface area contributed by atoms with E-state index in [2.05, 4.69) is 32.2 Å². The van der Waals surface area contributed by atoms with Crippen LogP contribution < -0.4 is 16.0 Å². The molecule has 0 unspecified atom stereocenters. The Labute approximate surface area is 191 Å². The Bertz CT molecular complexity index is 1190. The first-order valence-corrected chi connectivity index (χ1v) is 11.0. The number of nitrogens with two attached hydrogens (primary N) is 1. The monoisotopic (exact) mass is 443 g/mol. The van der Waals surface area contributed by atoms with Crippen LogP contribution >= 0.6 is 0 Å². The van der Waals surface area contributed by atoms with Crippen LogP contribution in [0.5, 0.6) is 0 Å². The molecule has 0 saturated carbocycles. The number of fused-ring (bicyclic) bond motifs is 1. The number of Topliss-reactive ketones (excluding diaryl/α,β-unsaturated/α-hetero) is 2. The van der Waals surface area contributed by atoms with Gasteiger partial charge in [-0.1, -0.05) is 12.1 Å². The van der Waals surface area contributed by atoms with E-state index in [4.69, 9.17) is 10.2 Å². The third-order valence-electron chi connectivity index (χ3n) is 6.11. The van der Waals surface area contributed by atoms with Crippen molar-refractivity contribution in [3.8, 4) is 0 Å². The molecule has 3 N–H and O–H groups in total. The van der Waals surface area contributed by atoms with Crippen molar-refractivity contribution in [2.45, 2.75) is 13.1 Å². The van der Waals surface area contributed by atoms with Gasteiger partial charge >= 0.3 is 0 Å². The number of carbonyl (C=O) groups excluding carboxylic acids is 2. The topological polar surface area (TPSA) is 105 Å². The highest BCUT2D eigenvalue weighted by Crippen LogP contribution is 2.22. The molecule has 1 aliphatic heterocycles. The molecule has 0 amide bonds. The number of piperazine rings is 1.